The van der Waals surface area contributed by atoms with Crippen molar-refractivity contribution in [3.63, 3.8) is 0 Å². The highest BCUT2D eigenvalue weighted by atomic mass is 19.4. The monoisotopic (exact) mass is 247 g/mol. The third-order valence-corrected chi connectivity index (χ3v) is 2.18. The van der Waals surface area contributed by atoms with E-state index in [1.165, 1.54) is 13.0 Å². The molecule has 94 valence electrons. The second-order valence-corrected chi connectivity index (χ2v) is 3.50. The van der Waals surface area contributed by atoms with Crippen LogP contribution >= 0.6 is 0 Å². The quantitative estimate of drug-likeness (QED) is 0.773. The summed E-state index contributed by atoms with van der Waals surface area (Å²) < 4.78 is 38.0. The van der Waals surface area contributed by atoms with E-state index in [1.807, 2.05) is 5.32 Å². The maximum absolute atomic E-state index is 12.7. The normalized spacial score (nSPS) is 13.2. The van der Waals surface area contributed by atoms with Gasteiger partial charge in [0.2, 0.25) is 0 Å². The van der Waals surface area contributed by atoms with Gasteiger partial charge in [-0.15, -0.1) is 0 Å². The van der Waals surface area contributed by atoms with E-state index < -0.39 is 23.9 Å². The fraction of sp³-hybridized carbons (Fsp3) is 0.300. The molecule has 0 fully saturated rings. The lowest BCUT2D eigenvalue weighted by Crippen LogP contribution is -2.38. The molecule has 0 saturated heterocycles. The molecule has 1 rings (SSSR count). The van der Waals surface area contributed by atoms with Crippen LogP contribution in [0.4, 0.5) is 23.7 Å². The van der Waals surface area contributed by atoms with Gasteiger partial charge in [-0.25, -0.2) is 0 Å². The molecule has 0 saturated carbocycles. The third kappa shape index (κ3) is 3.27. The van der Waals surface area contributed by atoms with Gasteiger partial charge in [0.25, 0.3) is 0 Å². The van der Waals surface area contributed by atoms with Gasteiger partial charge >= 0.3 is 6.18 Å². The molecular weight excluding hydrogens is 237 g/mol. The van der Waals surface area contributed by atoms with Crippen LogP contribution < -0.4 is 16.2 Å². The van der Waals surface area contributed by atoms with Gasteiger partial charge in [0.15, 0.2) is 0 Å². The zero-order valence-corrected chi connectivity index (χ0v) is 8.84. The lowest BCUT2D eigenvalue weighted by atomic mass is 10.0. The van der Waals surface area contributed by atoms with Crippen molar-refractivity contribution in [1.29, 1.82) is 0 Å². The van der Waals surface area contributed by atoms with Crippen molar-refractivity contribution in [3.8, 4) is 0 Å². The van der Waals surface area contributed by atoms with Crippen LogP contribution in [0.25, 0.3) is 0 Å². The third-order valence-electron chi connectivity index (χ3n) is 2.18. The molecule has 7 heteroatoms. The Morgan fingerprint density at radius 2 is 2.06 bits per heavy atom. The summed E-state index contributed by atoms with van der Waals surface area (Å²) in [4.78, 5) is 10.3. The second-order valence-electron chi connectivity index (χ2n) is 3.50. The number of nitrogen functional groups attached to an aromatic ring is 1. The van der Waals surface area contributed by atoms with E-state index in [0.29, 0.717) is 0 Å². The first-order valence-electron chi connectivity index (χ1n) is 4.66. The molecule has 0 aliphatic carbocycles. The Balaban J connectivity index is 3.19. The summed E-state index contributed by atoms with van der Waals surface area (Å²) in [5, 5.41) is 12.1. The largest absolute Gasteiger partial charge is 0.530 e. The first-order chi connectivity index (χ1) is 7.71. The van der Waals surface area contributed by atoms with Crippen LogP contribution in [0.15, 0.2) is 18.2 Å². The first kappa shape index (κ1) is 13.1. The lowest BCUT2D eigenvalue weighted by molar-refractivity contribution is -0.251. The minimum atomic E-state index is -4.59. The number of carbonyl (C=O) groups excluding carboxylic acids is 1. The van der Waals surface area contributed by atoms with Crippen molar-refractivity contribution in [2.45, 2.75) is 19.1 Å². The fourth-order valence-electron chi connectivity index (χ4n) is 1.45. The number of nitrogens with one attached hydrogen (secondary N) is 1. The summed E-state index contributed by atoms with van der Waals surface area (Å²) in [5.74, 6) is 0. The minimum absolute atomic E-state index is 0.0401. The molecule has 0 spiro atoms. The minimum Gasteiger partial charge on any atom is -0.530 e. The van der Waals surface area contributed by atoms with Crippen LogP contribution in [-0.2, 0) is 6.18 Å². The van der Waals surface area contributed by atoms with Gasteiger partial charge in [-0.2, -0.15) is 13.2 Å². The molecule has 1 aromatic rings. The van der Waals surface area contributed by atoms with E-state index >= 15 is 0 Å². The van der Waals surface area contributed by atoms with Crippen molar-refractivity contribution in [2.24, 2.45) is 0 Å². The summed E-state index contributed by atoms with van der Waals surface area (Å²) in [7, 11) is 0. The summed E-state index contributed by atoms with van der Waals surface area (Å²) in [5.41, 5.74) is 4.08. The van der Waals surface area contributed by atoms with Gasteiger partial charge in [0.1, 0.15) is 6.09 Å². The van der Waals surface area contributed by atoms with Crippen molar-refractivity contribution < 1.29 is 23.1 Å². The van der Waals surface area contributed by atoms with Gasteiger partial charge in [-0.05, 0) is 24.6 Å². The van der Waals surface area contributed by atoms with Crippen LogP contribution in [0.3, 0.4) is 0 Å². The van der Waals surface area contributed by atoms with Crippen LogP contribution in [0.1, 0.15) is 24.1 Å². The van der Waals surface area contributed by atoms with E-state index in [0.717, 1.165) is 12.1 Å². The van der Waals surface area contributed by atoms with Crippen molar-refractivity contribution in [1.82, 2.24) is 5.32 Å². The maximum atomic E-state index is 12.7. The Morgan fingerprint density at radius 3 is 2.53 bits per heavy atom. The summed E-state index contributed by atoms with van der Waals surface area (Å²) in [6, 6.07) is 2.15. The van der Waals surface area contributed by atoms with E-state index in [1.54, 1.807) is 0 Å². The van der Waals surface area contributed by atoms with Gasteiger partial charge < -0.3 is 21.0 Å². The van der Waals surface area contributed by atoms with Crippen molar-refractivity contribution in [3.05, 3.63) is 29.3 Å². The number of benzene rings is 1. The number of anilines is 1. The van der Waals surface area contributed by atoms with Gasteiger partial charge in [-0.3, -0.25) is 0 Å². The van der Waals surface area contributed by atoms with Crippen LogP contribution in [0.5, 0.6) is 0 Å². The predicted molar refractivity (Wildman–Crippen MR) is 52.8 cm³/mol. The maximum Gasteiger partial charge on any atom is 0.416 e. The first-order valence-corrected chi connectivity index (χ1v) is 4.66. The van der Waals surface area contributed by atoms with Crippen molar-refractivity contribution in [2.75, 3.05) is 5.73 Å². The molecule has 1 aromatic carbocycles. The molecule has 3 N–H and O–H groups in total. The average molecular weight is 247 g/mol. The Labute approximate surface area is 95.2 Å². The molecule has 1 amide bonds. The Bertz CT molecular complexity index is 432. The molecule has 0 bridgehead atoms. The highest BCUT2D eigenvalue weighted by molar-refractivity contribution is 5.63. The van der Waals surface area contributed by atoms with E-state index in [-0.39, 0.29) is 11.3 Å². The molecule has 0 radical (unpaired) electrons. The molecule has 1 unspecified atom stereocenters. The summed E-state index contributed by atoms with van der Waals surface area (Å²) in [6.45, 7) is 1.29. The molecule has 17 heavy (non-hydrogen) atoms. The predicted octanol–water partition coefficient (Wildman–Crippen LogP) is 1.28. The van der Waals surface area contributed by atoms with Gasteiger partial charge in [0, 0.05) is 5.69 Å². The molecule has 4 nitrogen and oxygen atoms in total. The van der Waals surface area contributed by atoms with E-state index in [2.05, 4.69) is 0 Å². The molecule has 0 heterocycles. The zero-order valence-electron chi connectivity index (χ0n) is 8.84. The smallest absolute Gasteiger partial charge is 0.416 e. The number of carboxylic acid groups (broad SMARTS) is 1. The Kier molecular flexibility index (Phi) is 3.50. The fourth-order valence-corrected chi connectivity index (χ4v) is 1.45. The Morgan fingerprint density at radius 1 is 1.47 bits per heavy atom. The second kappa shape index (κ2) is 4.52. The highest BCUT2D eigenvalue weighted by Crippen LogP contribution is 2.35. The zero-order chi connectivity index (χ0) is 13.2. The number of amides is 1. The number of nitrogens with two attached hydrogens (primary N) is 1. The molecule has 1 atom stereocenters. The SMILES string of the molecule is CC(NC(=O)[O-])c1ccc(N)cc1C(F)(F)F. The van der Waals surface area contributed by atoms with Crippen molar-refractivity contribution >= 4 is 11.8 Å². The van der Waals surface area contributed by atoms with Crippen LogP contribution in [0, 0.1) is 0 Å². The van der Waals surface area contributed by atoms with E-state index in [9.17, 15) is 23.1 Å². The number of alkyl halides is 3. The standard InChI is InChI=1S/C10H11F3N2O2/c1-5(15-9(16)17)7-3-2-6(14)4-8(7)10(11,12)13/h2-5,15H,14H2,1H3,(H,16,17)/p-1. The number of rotatable bonds is 2. The molecule has 0 aliphatic rings. The number of halogens is 3. The van der Waals surface area contributed by atoms with E-state index in [4.69, 9.17) is 5.73 Å². The molecule has 0 aromatic heterocycles. The van der Waals surface area contributed by atoms with Gasteiger partial charge in [0.05, 0.1) is 11.6 Å². The summed E-state index contributed by atoms with van der Waals surface area (Å²) in [6.07, 6.45) is -6.23. The lowest BCUT2D eigenvalue weighted by Gasteiger charge is -2.21. The molecular formula is C10H10F3N2O2-. The molecule has 0 aliphatic heterocycles. The van der Waals surface area contributed by atoms with Crippen LogP contribution in [0.2, 0.25) is 0 Å². The van der Waals surface area contributed by atoms with Gasteiger partial charge in [-0.1, -0.05) is 6.07 Å². The highest BCUT2D eigenvalue weighted by Gasteiger charge is 2.34. The number of hydrogen-bond donors (Lipinski definition) is 2. The average Bonchev–Trinajstić information content (AvgIpc) is 2.14. The summed E-state index contributed by atoms with van der Waals surface area (Å²) >= 11 is 0. The number of carbonyl (C=O) groups is 1. The Hall–Kier alpha value is -1.92. The number of hydrogen-bond acceptors (Lipinski definition) is 3. The van der Waals surface area contributed by atoms with Crippen LogP contribution in [-0.4, -0.2) is 6.09 Å². The topological polar surface area (TPSA) is 78.2 Å².